The van der Waals surface area contributed by atoms with E-state index in [1.807, 2.05) is 12.2 Å². The Morgan fingerprint density at radius 1 is 0.958 bits per heavy atom. The second kappa shape index (κ2) is 10.6. The van der Waals surface area contributed by atoms with Gasteiger partial charge in [0.15, 0.2) is 0 Å². The lowest BCUT2D eigenvalue weighted by atomic mass is 9.63. The van der Waals surface area contributed by atoms with E-state index in [0.29, 0.717) is 11.3 Å². The minimum atomic E-state index is -1.36. The van der Waals surface area contributed by atoms with Crippen molar-refractivity contribution in [3.05, 3.63) is 105 Å². The lowest BCUT2D eigenvalue weighted by Gasteiger charge is -2.53. The quantitative estimate of drug-likeness (QED) is 0.136. The summed E-state index contributed by atoms with van der Waals surface area (Å²) in [5.41, 5.74) is 10.4. The van der Waals surface area contributed by atoms with Crippen LogP contribution in [0.5, 0.6) is 0 Å². The summed E-state index contributed by atoms with van der Waals surface area (Å²) in [5.74, 6) is 2.95. The van der Waals surface area contributed by atoms with Crippen molar-refractivity contribution >= 4 is 27.9 Å². The van der Waals surface area contributed by atoms with Crippen LogP contribution in [-0.4, -0.2) is 29.2 Å². The Morgan fingerprint density at radius 2 is 1.52 bits per heavy atom. The molecule has 2 saturated heterocycles. The second-order valence-electron chi connectivity index (χ2n) is 18.5. The van der Waals surface area contributed by atoms with Crippen LogP contribution < -0.4 is 4.90 Å². The number of nitrogens with zero attached hydrogens (tertiary/aromatic N) is 3. The first-order valence-electron chi connectivity index (χ1n) is 18.3. The van der Waals surface area contributed by atoms with Gasteiger partial charge in [-0.1, -0.05) is 76.1 Å². The summed E-state index contributed by atoms with van der Waals surface area (Å²) in [6.07, 6.45) is 13.3. The molecule has 7 aliphatic rings. The summed E-state index contributed by atoms with van der Waals surface area (Å²) in [6.45, 7) is 26.5. The lowest BCUT2D eigenvalue weighted by molar-refractivity contribution is 0.223. The SMILES string of the molecule is [C-]#[N+]/C(C#N)=C1C=C(/C=C/c2cc3c4c(c2)C2(C)C[Si]5(CC=C(C)C5)CC2CN4CC2C[Si]4(CC=C(C)C4)CC32C)OC(C(C)(C)C)=C\1. The zero-order valence-electron chi connectivity index (χ0n) is 30.1. The number of rotatable bonds is 2. The van der Waals surface area contributed by atoms with Gasteiger partial charge in [0.05, 0.1) is 28.8 Å². The molecule has 8 rings (SSSR count). The molecule has 0 bridgehead atoms. The molecule has 0 N–H and O–H groups in total. The average Bonchev–Trinajstić information content (AvgIpc) is 3.74. The summed E-state index contributed by atoms with van der Waals surface area (Å²) in [6, 6.07) is 18.6. The molecular formula is C42H51N3OSi2. The Bertz CT molecular complexity index is 1810. The molecule has 7 aliphatic heterocycles. The number of allylic oxidation sites excluding steroid dienone is 10. The smallest absolute Gasteiger partial charge is 0.269 e. The Balaban J connectivity index is 1.24. The van der Waals surface area contributed by atoms with Crippen LogP contribution in [0.4, 0.5) is 5.69 Å². The minimum Gasteiger partial charge on any atom is -0.461 e. The molecule has 0 saturated carbocycles. The van der Waals surface area contributed by atoms with Crippen molar-refractivity contribution in [3.63, 3.8) is 0 Å². The van der Waals surface area contributed by atoms with Crippen LogP contribution in [0.25, 0.3) is 10.9 Å². The molecule has 1 aromatic rings. The van der Waals surface area contributed by atoms with Gasteiger partial charge in [0.2, 0.25) is 0 Å². The van der Waals surface area contributed by atoms with Crippen LogP contribution in [0.1, 0.15) is 65.2 Å². The third kappa shape index (κ3) is 4.85. The van der Waals surface area contributed by atoms with E-state index in [4.69, 9.17) is 11.3 Å². The van der Waals surface area contributed by atoms with E-state index in [1.54, 1.807) is 28.0 Å². The first kappa shape index (κ1) is 31.9. The Labute approximate surface area is 290 Å². The maximum atomic E-state index is 9.69. The minimum absolute atomic E-state index is 0.106. The highest BCUT2D eigenvalue weighted by atomic mass is 28.3. The maximum Gasteiger partial charge on any atom is 0.269 e. The van der Waals surface area contributed by atoms with E-state index >= 15 is 0 Å². The Kier molecular flexibility index (Phi) is 7.04. The number of benzene rings is 1. The third-order valence-corrected chi connectivity index (χ3v) is 24.2. The topological polar surface area (TPSA) is 40.6 Å². The summed E-state index contributed by atoms with van der Waals surface area (Å²) >= 11 is 0. The highest BCUT2D eigenvalue weighted by Crippen LogP contribution is 2.66. The number of fused-ring (bicyclic) bond motifs is 4. The van der Waals surface area contributed by atoms with Gasteiger partial charge >= 0.3 is 0 Å². The van der Waals surface area contributed by atoms with E-state index in [9.17, 15) is 5.26 Å². The van der Waals surface area contributed by atoms with Crippen molar-refractivity contribution < 1.29 is 4.74 Å². The van der Waals surface area contributed by atoms with Crippen LogP contribution in [0, 0.1) is 35.2 Å². The first-order chi connectivity index (χ1) is 22.7. The average molecular weight is 670 g/mol. The van der Waals surface area contributed by atoms with Crippen molar-refractivity contribution in [2.24, 2.45) is 17.3 Å². The van der Waals surface area contributed by atoms with Crippen LogP contribution in [0.2, 0.25) is 48.4 Å². The van der Waals surface area contributed by atoms with Gasteiger partial charge in [-0.25, -0.2) is 10.1 Å². The number of hydrogen-bond donors (Lipinski definition) is 0. The van der Waals surface area contributed by atoms with E-state index in [0.717, 1.165) is 17.6 Å². The van der Waals surface area contributed by atoms with Gasteiger partial charge in [-0.05, 0) is 125 Å². The van der Waals surface area contributed by atoms with Crippen molar-refractivity contribution in [1.82, 2.24) is 0 Å². The van der Waals surface area contributed by atoms with Crippen molar-refractivity contribution in [2.45, 2.75) is 108 Å². The van der Waals surface area contributed by atoms with Gasteiger partial charge in [0.25, 0.3) is 5.70 Å². The molecule has 0 aromatic heterocycles. The summed E-state index contributed by atoms with van der Waals surface area (Å²) in [5, 5.41) is 9.69. The predicted molar refractivity (Wildman–Crippen MR) is 203 cm³/mol. The maximum absolute atomic E-state index is 9.69. The molecule has 6 heteroatoms. The lowest BCUT2D eigenvalue weighted by Crippen LogP contribution is -2.51. The largest absolute Gasteiger partial charge is 0.461 e. The monoisotopic (exact) mass is 669 g/mol. The molecule has 6 atom stereocenters. The highest BCUT2D eigenvalue weighted by Gasteiger charge is 2.62. The van der Waals surface area contributed by atoms with Gasteiger partial charge < -0.3 is 9.64 Å². The Morgan fingerprint density at radius 3 is 1.98 bits per heavy atom. The molecule has 2 spiro atoms. The Hall–Kier alpha value is -3.33. The molecule has 2 fully saturated rings. The summed E-state index contributed by atoms with van der Waals surface area (Å²) < 4.78 is 6.44. The van der Waals surface area contributed by atoms with Crippen LogP contribution in [0.3, 0.4) is 0 Å². The third-order valence-electron chi connectivity index (χ3n) is 13.8. The molecule has 1 aromatic carbocycles. The fourth-order valence-corrected chi connectivity index (χ4v) is 25.0. The standard InChI is InChI=1S/C42H51N3OSi2/c1-28-11-13-47(22-28)24-32-20-45-21-33-25-48(14-12-29(2)23-48)27-42(33,7)36-16-30(15-35(39(36)45)41(32,6)26-47)9-10-34-17-31(37(19-43)44-8)18-38(46-34)40(3,4)5/h9-12,15-18,32-33H,13-14,20-27H2,1-7H3/b10-9+,37-31+. The van der Waals surface area contributed by atoms with E-state index in [-0.39, 0.29) is 21.9 Å². The predicted octanol–water partition coefficient (Wildman–Crippen LogP) is 10.7. The second-order valence-corrected chi connectivity index (χ2v) is 27.5. The molecule has 0 aliphatic carbocycles. The molecular weight excluding hydrogens is 619 g/mol. The number of anilines is 1. The van der Waals surface area contributed by atoms with Crippen LogP contribution in [0.15, 0.2) is 76.4 Å². The van der Waals surface area contributed by atoms with Crippen LogP contribution >= 0.6 is 0 Å². The van der Waals surface area contributed by atoms with Gasteiger partial charge in [0, 0.05) is 24.2 Å². The first-order valence-corrected chi connectivity index (χ1v) is 23.9. The van der Waals surface area contributed by atoms with Crippen molar-refractivity contribution in [3.8, 4) is 6.07 Å². The zero-order chi connectivity index (χ0) is 33.9. The van der Waals surface area contributed by atoms with Gasteiger partial charge in [-0.2, -0.15) is 0 Å². The van der Waals surface area contributed by atoms with Crippen molar-refractivity contribution in [2.75, 3.05) is 18.0 Å². The number of nitriles is 1. The fraction of sp³-hybridized carbons (Fsp3) is 0.524. The van der Waals surface area contributed by atoms with E-state index in [1.165, 1.54) is 67.0 Å². The molecule has 0 radical (unpaired) electrons. The normalized spacial score (nSPS) is 37.3. The van der Waals surface area contributed by atoms with Gasteiger partial charge in [0.1, 0.15) is 11.5 Å². The highest BCUT2D eigenvalue weighted by molar-refractivity contribution is 6.83. The zero-order valence-corrected chi connectivity index (χ0v) is 32.1. The number of ether oxygens (including phenoxy) is 1. The van der Waals surface area contributed by atoms with E-state index in [2.05, 4.69) is 101 Å². The fourth-order valence-electron chi connectivity index (χ4n) is 11.7. The summed E-state index contributed by atoms with van der Waals surface area (Å²) in [7, 11) is -2.73. The van der Waals surface area contributed by atoms with Crippen LogP contribution in [-0.2, 0) is 15.6 Å². The summed E-state index contributed by atoms with van der Waals surface area (Å²) in [4.78, 5) is 6.41. The van der Waals surface area contributed by atoms with Gasteiger partial charge in [-0.15, -0.1) is 0 Å². The van der Waals surface area contributed by atoms with E-state index < -0.39 is 16.1 Å². The number of hydrogen-bond acceptors (Lipinski definition) is 3. The van der Waals surface area contributed by atoms with Gasteiger partial charge in [-0.3, -0.25) is 0 Å². The molecule has 248 valence electrons. The molecule has 48 heavy (non-hydrogen) atoms. The van der Waals surface area contributed by atoms with Crippen molar-refractivity contribution in [1.29, 1.82) is 5.26 Å². The molecule has 4 nitrogen and oxygen atoms in total. The molecule has 6 unspecified atom stereocenters. The molecule has 7 heterocycles. The molecule has 0 amide bonds.